The Morgan fingerprint density at radius 2 is 1.87 bits per heavy atom. The number of hydrogen-bond donors (Lipinski definition) is 2. The summed E-state index contributed by atoms with van der Waals surface area (Å²) in [5.74, 6) is 8.67. The fourth-order valence-electron chi connectivity index (χ4n) is 6.41. The summed E-state index contributed by atoms with van der Waals surface area (Å²) in [7, 11) is 0. The van der Waals surface area contributed by atoms with Gasteiger partial charge in [-0.15, -0.1) is 11.8 Å². The van der Waals surface area contributed by atoms with Gasteiger partial charge in [0.05, 0.1) is 11.7 Å². The smallest absolute Gasteiger partial charge is 0.0651 e. The monoisotopic (exact) mass is 318 g/mol. The molecule has 0 aromatic rings. The molecule has 23 heavy (non-hydrogen) atoms. The Bertz CT molecular complexity index is 486. The van der Waals surface area contributed by atoms with Crippen molar-refractivity contribution in [1.82, 2.24) is 0 Å². The van der Waals surface area contributed by atoms with E-state index in [1.165, 1.54) is 19.3 Å². The maximum atomic E-state index is 11.0. The zero-order valence-electron chi connectivity index (χ0n) is 15.1. The second-order valence-electron chi connectivity index (χ2n) is 8.95. The summed E-state index contributed by atoms with van der Waals surface area (Å²) >= 11 is 0. The van der Waals surface area contributed by atoms with Crippen LogP contribution in [0, 0.1) is 40.9 Å². The van der Waals surface area contributed by atoms with Crippen LogP contribution >= 0.6 is 0 Å². The maximum absolute atomic E-state index is 11.0. The van der Waals surface area contributed by atoms with Crippen molar-refractivity contribution in [3.8, 4) is 11.8 Å². The molecular weight excluding hydrogens is 284 g/mol. The standard InChI is InChI=1S/C21H34O2/c1-4-5-6-7-19-17-9-8-15-14-16(22)10-12-20(15,2)18(17)11-13-21(19,3)23/h15-19,22-23H,6-14H2,1-3H3/t15-,16-,17+,18-,19-,20-,21?/m0/s1. The fraction of sp³-hybridized carbons (Fsp3) is 0.905. The van der Waals surface area contributed by atoms with E-state index in [2.05, 4.69) is 25.7 Å². The highest BCUT2D eigenvalue weighted by molar-refractivity contribution is 5.07. The molecule has 3 aliphatic carbocycles. The van der Waals surface area contributed by atoms with Gasteiger partial charge in [-0.25, -0.2) is 0 Å². The fourth-order valence-corrected chi connectivity index (χ4v) is 6.41. The molecule has 130 valence electrons. The minimum Gasteiger partial charge on any atom is -0.393 e. The lowest BCUT2D eigenvalue weighted by molar-refractivity contribution is -0.156. The molecule has 3 saturated carbocycles. The average Bonchev–Trinajstić information content (AvgIpc) is 2.50. The first kappa shape index (κ1) is 17.3. The molecule has 3 rings (SSSR count). The molecule has 0 heterocycles. The molecule has 0 saturated heterocycles. The normalized spacial score (nSPS) is 49.5. The van der Waals surface area contributed by atoms with E-state index in [-0.39, 0.29) is 6.10 Å². The predicted octanol–water partition coefficient (Wildman–Crippen LogP) is 4.14. The van der Waals surface area contributed by atoms with E-state index in [1.54, 1.807) is 0 Å². The van der Waals surface area contributed by atoms with Crippen LogP contribution in [0.2, 0.25) is 0 Å². The first-order valence-corrected chi connectivity index (χ1v) is 9.68. The lowest BCUT2D eigenvalue weighted by atomic mass is 9.46. The van der Waals surface area contributed by atoms with Crippen molar-refractivity contribution in [2.75, 3.05) is 0 Å². The SMILES string of the molecule is CC#CCC[C@H]1[C@@H]2CC[C@H]3C[C@@H](O)CC[C@]3(C)[C@H]2CCC1(C)O. The van der Waals surface area contributed by atoms with E-state index in [4.69, 9.17) is 0 Å². The Labute approximate surface area is 142 Å². The summed E-state index contributed by atoms with van der Waals surface area (Å²) in [6, 6.07) is 0. The molecule has 2 nitrogen and oxygen atoms in total. The first-order chi connectivity index (χ1) is 10.9. The Hall–Kier alpha value is -0.520. The van der Waals surface area contributed by atoms with Gasteiger partial charge in [-0.3, -0.25) is 0 Å². The van der Waals surface area contributed by atoms with Gasteiger partial charge in [-0.05, 0) is 94.3 Å². The van der Waals surface area contributed by atoms with Gasteiger partial charge < -0.3 is 10.2 Å². The second-order valence-corrected chi connectivity index (χ2v) is 8.95. The van der Waals surface area contributed by atoms with Crippen LogP contribution in [0.4, 0.5) is 0 Å². The van der Waals surface area contributed by atoms with Gasteiger partial charge in [0.15, 0.2) is 0 Å². The quantitative estimate of drug-likeness (QED) is 0.751. The van der Waals surface area contributed by atoms with Crippen LogP contribution in [0.1, 0.15) is 78.6 Å². The molecule has 2 N–H and O–H groups in total. The van der Waals surface area contributed by atoms with E-state index in [0.717, 1.165) is 44.4 Å². The molecule has 3 aliphatic rings. The molecule has 0 aromatic carbocycles. The topological polar surface area (TPSA) is 40.5 Å². The molecule has 1 unspecified atom stereocenters. The summed E-state index contributed by atoms with van der Waals surface area (Å²) in [6.45, 7) is 6.46. The van der Waals surface area contributed by atoms with Gasteiger partial charge in [-0.1, -0.05) is 6.92 Å². The zero-order valence-corrected chi connectivity index (χ0v) is 15.1. The van der Waals surface area contributed by atoms with Crippen LogP contribution in [-0.4, -0.2) is 21.9 Å². The Morgan fingerprint density at radius 1 is 1.09 bits per heavy atom. The van der Waals surface area contributed by atoms with Gasteiger partial charge in [0.25, 0.3) is 0 Å². The molecule has 3 fully saturated rings. The molecule has 0 spiro atoms. The molecule has 0 aliphatic heterocycles. The van der Waals surface area contributed by atoms with Gasteiger partial charge in [0, 0.05) is 6.42 Å². The van der Waals surface area contributed by atoms with Crippen LogP contribution in [0.15, 0.2) is 0 Å². The predicted molar refractivity (Wildman–Crippen MR) is 93.7 cm³/mol. The number of fused-ring (bicyclic) bond motifs is 3. The van der Waals surface area contributed by atoms with E-state index in [9.17, 15) is 10.2 Å². The summed E-state index contributed by atoms with van der Waals surface area (Å²) < 4.78 is 0. The molecule has 0 amide bonds. The van der Waals surface area contributed by atoms with Crippen molar-refractivity contribution in [2.45, 2.75) is 90.3 Å². The molecule has 7 atom stereocenters. The van der Waals surface area contributed by atoms with Crippen molar-refractivity contribution < 1.29 is 10.2 Å². The average molecular weight is 319 g/mol. The molecule has 0 bridgehead atoms. The summed E-state index contributed by atoms with van der Waals surface area (Å²) in [6.07, 6.45) is 9.59. The van der Waals surface area contributed by atoms with E-state index in [0.29, 0.717) is 23.2 Å². The van der Waals surface area contributed by atoms with Crippen molar-refractivity contribution in [3.63, 3.8) is 0 Å². The number of aliphatic hydroxyl groups is 2. The Morgan fingerprint density at radius 3 is 2.61 bits per heavy atom. The van der Waals surface area contributed by atoms with E-state index < -0.39 is 5.60 Å². The van der Waals surface area contributed by atoms with Gasteiger partial charge in [0.1, 0.15) is 0 Å². The van der Waals surface area contributed by atoms with Crippen LogP contribution in [-0.2, 0) is 0 Å². The number of aliphatic hydroxyl groups excluding tert-OH is 1. The summed E-state index contributed by atoms with van der Waals surface area (Å²) in [4.78, 5) is 0. The minimum absolute atomic E-state index is 0.0769. The summed E-state index contributed by atoms with van der Waals surface area (Å²) in [5.41, 5.74) is -0.138. The highest BCUT2D eigenvalue weighted by atomic mass is 16.3. The van der Waals surface area contributed by atoms with Crippen molar-refractivity contribution >= 4 is 0 Å². The van der Waals surface area contributed by atoms with Crippen LogP contribution < -0.4 is 0 Å². The third-order valence-corrected chi connectivity index (χ3v) is 7.75. The Kier molecular flexibility index (Phi) is 4.83. The highest BCUT2D eigenvalue weighted by Crippen LogP contribution is 2.61. The van der Waals surface area contributed by atoms with Gasteiger partial charge in [-0.2, -0.15) is 0 Å². The van der Waals surface area contributed by atoms with E-state index in [1.807, 2.05) is 6.92 Å². The van der Waals surface area contributed by atoms with Crippen LogP contribution in [0.5, 0.6) is 0 Å². The van der Waals surface area contributed by atoms with Crippen molar-refractivity contribution in [2.24, 2.45) is 29.1 Å². The largest absolute Gasteiger partial charge is 0.393 e. The second kappa shape index (κ2) is 6.41. The third-order valence-electron chi connectivity index (χ3n) is 7.75. The number of hydrogen-bond acceptors (Lipinski definition) is 2. The number of rotatable bonds is 2. The van der Waals surface area contributed by atoms with Crippen molar-refractivity contribution in [1.29, 1.82) is 0 Å². The maximum Gasteiger partial charge on any atom is 0.0651 e. The molecule has 0 aromatic heterocycles. The third kappa shape index (κ3) is 3.08. The zero-order chi connectivity index (χ0) is 16.7. The lowest BCUT2D eigenvalue weighted by Crippen LogP contribution is -2.56. The van der Waals surface area contributed by atoms with Crippen LogP contribution in [0.3, 0.4) is 0 Å². The van der Waals surface area contributed by atoms with Crippen molar-refractivity contribution in [3.05, 3.63) is 0 Å². The lowest BCUT2D eigenvalue weighted by Gasteiger charge is -2.60. The molecule has 0 radical (unpaired) electrons. The van der Waals surface area contributed by atoms with Gasteiger partial charge in [0.2, 0.25) is 0 Å². The summed E-state index contributed by atoms with van der Waals surface area (Å²) in [5, 5.41) is 21.1. The van der Waals surface area contributed by atoms with Crippen LogP contribution in [0.25, 0.3) is 0 Å². The Balaban J connectivity index is 1.82. The minimum atomic E-state index is -0.520. The van der Waals surface area contributed by atoms with E-state index >= 15 is 0 Å². The first-order valence-electron chi connectivity index (χ1n) is 9.68. The molecular formula is C21H34O2. The van der Waals surface area contributed by atoms with Gasteiger partial charge >= 0.3 is 0 Å². The highest BCUT2D eigenvalue weighted by Gasteiger charge is 2.56. The molecule has 2 heteroatoms.